The average molecular weight is 296 g/mol. The van der Waals surface area contributed by atoms with Crippen LogP contribution < -0.4 is 0 Å². The van der Waals surface area contributed by atoms with Crippen molar-refractivity contribution in [1.29, 1.82) is 0 Å². The van der Waals surface area contributed by atoms with Crippen molar-refractivity contribution in [1.82, 2.24) is 0 Å². The van der Waals surface area contributed by atoms with Gasteiger partial charge in [-0.2, -0.15) is 0 Å². The fraction of sp³-hybridized carbons (Fsp3) is 0.118. The van der Waals surface area contributed by atoms with E-state index in [4.69, 9.17) is 0 Å². The summed E-state index contributed by atoms with van der Waals surface area (Å²) in [6.07, 6.45) is 0. The molecule has 98 valence electrons. The Morgan fingerprint density at radius 1 is 0.700 bits per heavy atom. The molecule has 1 aliphatic heterocycles. The van der Waals surface area contributed by atoms with Crippen LogP contribution in [0.15, 0.2) is 52.8 Å². The highest BCUT2D eigenvalue weighted by Crippen LogP contribution is 2.47. The molecule has 0 radical (unpaired) electrons. The highest BCUT2D eigenvalue weighted by molar-refractivity contribution is 8.25. The number of benzene rings is 2. The van der Waals surface area contributed by atoms with Gasteiger partial charge in [0.2, 0.25) is 0 Å². The molecule has 0 bridgehead atoms. The van der Waals surface area contributed by atoms with Gasteiger partial charge in [-0.05, 0) is 11.1 Å². The molecule has 0 aromatic heterocycles. The van der Waals surface area contributed by atoms with Gasteiger partial charge in [-0.3, -0.25) is 4.79 Å². The summed E-state index contributed by atoms with van der Waals surface area (Å²) >= 11 is 3.82. The van der Waals surface area contributed by atoms with Crippen LogP contribution in [0.1, 0.15) is 27.0 Å². The zero-order valence-electron chi connectivity index (χ0n) is 10.8. The van der Waals surface area contributed by atoms with Crippen LogP contribution in [0.5, 0.6) is 0 Å². The number of rotatable bonds is 0. The third-order valence-corrected chi connectivity index (χ3v) is 6.35. The lowest BCUT2D eigenvalue weighted by Gasteiger charge is -2.22. The molecule has 0 N–H and O–H groups in total. The van der Waals surface area contributed by atoms with Crippen LogP contribution in [-0.4, -0.2) is 17.3 Å². The van der Waals surface area contributed by atoms with E-state index in [-0.39, 0.29) is 5.78 Å². The van der Waals surface area contributed by atoms with E-state index in [1.165, 1.54) is 9.81 Å². The molecule has 1 heterocycles. The third-order valence-electron chi connectivity index (χ3n) is 3.64. The summed E-state index contributed by atoms with van der Waals surface area (Å²) in [6, 6.07) is 16.0. The van der Waals surface area contributed by atoms with Crippen LogP contribution in [0, 0.1) is 0 Å². The van der Waals surface area contributed by atoms with Gasteiger partial charge in [0, 0.05) is 32.4 Å². The SMILES string of the molecule is O=C1c2ccccc2C(=C2SCCS2)c2ccccc21. The third kappa shape index (κ3) is 1.77. The maximum Gasteiger partial charge on any atom is 0.194 e. The molecule has 1 nitrogen and oxygen atoms in total. The van der Waals surface area contributed by atoms with E-state index < -0.39 is 0 Å². The summed E-state index contributed by atoms with van der Waals surface area (Å²) in [5.41, 5.74) is 5.10. The van der Waals surface area contributed by atoms with Gasteiger partial charge in [-0.15, -0.1) is 23.5 Å². The predicted molar refractivity (Wildman–Crippen MR) is 87.3 cm³/mol. The molecule has 2 aromatic rings. The van der Waals surface area contributed by atoms with E-state index in [1.807, 2.05) is 59.9 Å². The van der Waals surface area contributed by atoms with E-state index >= 15 is 0 Å². The van der Waals surface area contributed by atoms with Crippen molar-refractivity contribution in [3.05, 3.63) is 75.0 Å². The van der Waals surface area contributed by atoms with Crippen LogP contribution in [-0.2, 0) is 0 Å². The highest BCUT2D eigenvalue weighted by Gasteiger charge is 2.29. The Hall–Kier alpha value is -1.45. The molecular formula is C17H12OS2. The van der Waals surface area contributed by atoms with Gasteiger partial charge in [0.05, 0.1) is 0 Å². The largest absolute Gasteiger partial charge is 0.289 e. The minimum Gasteiger partial charge on any atom is -0.289 e. The molecule has 0 atom stereocenters. The van der Waals surface area contributed by atoms with Gasteiger partial charge in [0.1, 0.15) is 0 Å². The molecule has 2 aromatic carbocycles. The number of fused-ring (bicyclic) bond motifs is 2. The first-order chi connectivity index (χ1) is 9.86. The molecule has 1 fully saturated rings. The fourth-order valence-corrected chi connectivity index (χ4v) is 5.36. The molecule has 4 rings (SSSR count). The van der Waals surface area contributed by atoms with E-state index in [0.717, 1.165) is 33.8 Å². The minimum absolute atomic E-state index is 0.147. The predicted octanol–water partition coefficient (Wildman–Crippen LogP) is 4.43. The zero-order chi connectivity index (χ0) is 13.5. The quantitative estimate of drug-likeness (QED) is 0.611. The molecule has 0 amide bonds. The average Bonchev–Trinajstić information content (AvgIpc) is 3.02. The van der Waals surface area contributed by atoms with Crippen molar-refractivity contribution < 1.29 is 4.79 Å². The standard InChI is InChI=1S/C17H12OS2/c18-16-13-7-3-1-5-11(13)15(17-19-9-10-20-17)12-6-2-4-8-14(12)16/h1-8H,9-10H2. The Labute approximate surface area is 126 Å². The van der Waals surface area contributed by atoms with Crippen molar-refractivity contribution in [2.75, 3.05) is 11.5 Å². The maximum atomic E-state index is 12.6. The molecule has 20 heavy (non-hydrogen) atoms. The summed E-state index contributed by atoms with van der Waals surface area (Å²) in [5.74, 6) is 2.46. The number of carbonyl (C=O) groups is 1. The minimum atomic E-state index is 0.147. The number of ketones is 1. The Morgan fingerprint density at radius 2 is 1.15 bits per heavy atom. The molecular weight excluding hydrogens is 284 g/mol. The monoisotopic (exact) mass is 296 g/mol. The van der Waals surface area contributed by atoms with Gasteiger partial charge in [-0.1, -0.05) is 48.5 Å². The first-order valence-corrected chi connectivity index (χ1v) is 8.57. The van der Waals surface area contributed by atoms with Crippen LogP contribution >= 0.6 is 23.5 Å². The number of hydrogen-bond acceptors (Lipinski definition) is 3. The molecule has 0 spiro atoms. The summed E-state index contributed by atoms with van der Waals surface area (Å²) in [4.78, 5) is 12.6. The van der Waals surface area contributed by atoms with Crippen molar-refractivity contribution >= 4 is 34.9 Å². The Kier molecular flexibility index (Phi) is 2.97. The summed E-state index contributed by atoms with van der Waals surface area (Å²) in [5, 5.41) is 0. The van der Waals surface area contributed by atoms with E-state index in [9.17, 15) is 4.79 Å². The van der Waals surface area contributed by atoms with E-state index in [0.29, 0.717) is 0 Å². The summed E-state index contributed by atoms with van der Waals surface area (Å²) in [7, 11) is 0. The van der Waals surface area contributed by atoms with Crippen molar-refractivity contribution in [3.8, 4) is 0 Å². The van der Waals surface area contributed by atoms with E-state index in [2.05, 4.69) is 12.1 Å². The normalized spacial score (nSPS) is 17.1. The van der Waals surface area contributed by atoms with Crippen molar-refractivity contribution in [3.63, 3.8) is 0 Å². The van der Waals surface area contributed by atoms with E-state index in [1.54, 1.807) is 0 Å². The van der Waals surface area contributed by atoms with Gasteiger partial charge in [0.25, 0.3) is 0 Å². The maximum absolute atomic E-state index is 12.6. The first-order valence-electron chi connectivity index (χ1n) is 6.59. The zero-order valence-corrected chi connectivity index (χ0v) is 12.4. The first kappa shape index (κ1) is 12.3. The van der Waals surface area contributed by atoms with Crippen LogP contribution in [0.2, 0.25) is 0 Å². The molecule has 1 aliphatic carbocycles. The molecule has 0 unspecified atom stereocenters. The van der Waals surface area contributed by atoms with Crippen molar-refractivity contribution in [2.45, 2.75) is 0 Å². The Balaban J connectivity index is 2.07. The second-order valence-electron chi connectivity index (χ2n) is 4.78. The molecule has 2 aliphatic rings. The van der Waals surface area contributed by atoms with Gasteiger partial charge in [-0.25, -0.2) is 0 Å². The summed E-state index contributed by atoms with van der Waals surface area (Å²) < 4.78 is 1.36. The fourth-order valence-electron chi connectivity index (χ4n) is 2.76. The van der Waals surface area contributed by atoms with Crippen LogP contribution in [0.4, 0.5) is 0 Å². The summed E-state index contributed by atoms with van der Waals surface area (Å²) in [6.45, 7) is 0. The number of hydrogen-bond donors (Lipinski definition) is 0. The molecule has 0 saturated carbocycles. The van der Waals surface area contributed by atoms with Crippen LogP contribution in [0.3, 0.4) is 0 Å². The lowest BCUT2D eigenvalue weighted by molar-refractivity contribution is 0.103. The Morgan fingerprint density at radius 3 is 1.65 bits per heavy atom. The smallest absolute Gasteiger partial charge is 0.194 e. The molecule has 3 heteroatoms. The topological polar surface area (TPSA) is 17.1 Å². The van der Waals surface area contributed by atoms with Gasteiger partial charge in [0.15, 0.2) is 5.78 Å². The second kappa shape index (κ2) is 4.83. The van der Waals surface area contributed by atoms with Crippen LogP contribution in [0.25, 0.3) is 5.57 Å². The lowest BCUT2D eigenvalue weighted by atomic mass is 9.82. The second-order valence-corrected chi connectivity index (χ2v) is 7.25. The number of carbonyl (C=O) groups excluding carboxylic acids is 1. The molecule has 1 saturated heterocycles. The van der Waals surface area contributed by atoms with Crippen molar-refractivity contribution in [2.24, 2.45) is 0 Å². The van der Waals surface area contributed by atoms with Gasteiger partial charge < -0.3 is 0 Å². The van der Waals surface area contributed by atoms with Gasteiger partial charge >= 0.3 is 0 Å². The number of thioether (sulfide) groups is 2. The highest BCUT2D eigenvalue weighted by atomic mass is 32.2. The Bertz CT molecular complexity index is 687. The lowest BCUT2D eigenvalue weighted by Crippen LogP contribution is -2.14.